The molecular weight excluding hydrogens is 427 g/mol. The Kier molecular flexibility index (Phi) is 7.23. The molecule has 0 aliphatic carbocycles. The van der Waals surface area contributed by atoms with Crippen molar-refractivity contribution >= 4 is 28.5 Å². The number of nitrogens with zero attached hydrogens (tertiary/aromatic N) is 2. The Morgan fingerprint density at radius 3 is 2.39 bits per heavy atom. The van der Waals surface area contributed by atoms with Gasteiger partial charge in [-0.2, -0.15) is 5.10 Å². The van der Waals surface area contributed by atoms with E-state index in [0.717, 1.165) is 0 Å². The van der Waals surface area contributed by atoms with Gasteiger partial charge in [0, 0.05) is 17.5 Å². The van der Waals surface area contributed by atoms with Gasteiger partial charge in [-0.15, -0.1) is 0 Å². The number of Topliss-reactive ketones (excluding diaryl/α,β-unsaturated/α-hetero) is 1. The predicted molar refractivity (Wildman–Crippen MR) is 121 cm³/mol. The molecule has 0 fully saturated rings. The molecule has 0 aliphatic heterocycles. The van der Waals surface area contributed by atoms with E-state index in [1.807, 2.05) is 20.8 Å². The fourth-order valence-electron chi connectivity index (χ4n) is 3.43. The number of hydrogen-bond acceptors (Lipinski definition) is 5. The van der Waals surface area contributed by atoms with Crippen LogP contribution in [0.15, 0.2) is 48.5 Å². The number of rotatable bonds is 8. The minimum absolute atomic E-state index is 0.0737. The number of nitrogens with one attached hydrogen (secondary N) is 2. The van der Waals surface area contributed by atoms with Crippen LogP contribution in [-0.4, -0.2) is 51.7 Å². The number of aromatic nitrogens is 2. The summed E-state index contributed by atoms with van der Waals surface area (Å²) in [6.45, 7) is 5.16. The second-order valence-corrected chi connectivity index (χ2v) is 8.74. The van der Waals surface area contributed by atoms with E-state index in [2.05, 4.69) is 15.7 Å². The number of amides is 2. The minimum atomic E-state index is -0.874. The quantitative estimate of drug-likeness (QED) is 0.452. The fraction of sp³-hybridized carbons (Fsp3) is 0.333. The molecule has 0 aliphatic rings. The van der Waals surface area contributed by atoms with Gasteiger partial charge in [0.1, 0.15) is 18.4 Å². The van der Waals surface area contributed by atoms with Crippen LogP contribution in [-0.2, 0) is 11.3 Å². The molecule has 1 heterocycles. The molecule has 3 rings (SSSR count). The topological polar surface area (TPSA) is 113 Å². The standard InChI is InChI=1S/C24H27FN4O4/c1-24(2,3)21(23(33)26-12-13-30)27-22(32)20-17-6-4-5-7-18(17)29(28-20)14-19(31)15-8-10-16(25)11-9-15/h4-11,21,30H,12-14H2,1-3H3,(H,26,33)(H,27,32)/t21-/m1/s1. The molecule has 0 saturated carbocycles. The Morgan fingerprint density at radius 1 is 1.09 bits per heavy atom. The van der Waals surface area contributed by atoms with Crippen molar-refractivity contribution in [2.24, 2.45) is 5.41 Å². The second-order valence-electron chi connectivity index (χ2n) is 8.74. The molecule has 33 heavy (non-hydrogen) atoms. The lowest BCUT2D eigenvalue weighted by atomic mass is 9.86. The van der Waals surface area contributed by atoms with E-state index in [0.29, 0.717) is 16.5 Å². The molecule has 174 valence electrons. The number of ketones is 1. The van der Waals surface area contributed by atoms with Crippen LogP contribution in [0.25, 0.3) is 10.9 Å². The van der Waals surface area contributed by atoms with Gasteiger partial charge in [-0.1, -0.05) is 39.0 Å². The lowest BCUT2D eigenvalue weighted by Gasteiger charge is -2.30. The molecule has 0 bridgehead atoms. The number of para-hydroxylation sites is 1. The van der Waals surface area contributed by atoms with Crippen LogP contribution in [0.5, 0.6) is 0 Å². The van der Waals surface area contributed by atoms with Crippen LogP contribution >= 0.6 is 0 Å². The molecule has 0 radical (unpaired) electrons. The van der Waals surface area contributed by atoms with Crippen molar-refractivity contribution in [3.05, 3.63) is 65.6 Å². The van der Waals surface area contributed by atoms with Crippen molar-refractivity contribution < 1.29 is 23.9 Å². The number of benzene rings is 2. The van der Waals surface area contributed by atoms with Crippen molar-refractivity contribution in [1.82, 2.24) is 20.4 Å². The molecule has 9 heteroatoms. The zero-order chi connectivity index (χ0) is 24.2. The summed E-state index contributed by atoms with van der Waals surface area (Å²) in [6, 6.07) is 11.3. The van der Waals surface area contributed by atoms with Crippen LogP contribution in [0.1, 0.15) is 41.6 Å². The van der Waals surface area contributed by atoms with Crippen molar-refractivity contribution in [2.75, 3.05) is 13.2 Å². The molecule has 0 unspecified atom stereocenters. The normalized spacial score (nSPS) is 12.4. The fourth-order valence-corrected chi connectivity index (χ4v) is 3.43. The average molecular weight is 455 g/mol. The van der Waals surface area contributed by atoms with Gasteiger partial charge in [-0.25, -0.2) is 4.39 Å². The highest BCUT2D eigenvalue weighted by Gasteiger charge is 2.34. The summed E-state index contributed by atoms with van der Waals surface area (Å²) in [5, 5.41) is 19.2. The maximum Gasteiger partial charge on any atom is 0.273 e. The molecule has 1 aromatic heterocycles. The van der Waals surface area contributed by atoms with Gasteiger partial charge in [0.15, 0.2) is 11.5 Å². The Morgan fingerprint density at radius 2 is 1.76 bits per heavy atom. The smallest absolute Gasteiger partial charge is 0.273 e. The summed E-state index contributed by atoms with van der Waals surface area (Å²) in [7, 11) is 0. The van der Waals surface area contributed by atoms with Gasteiger partial charge in [-0.3, -0.25) is 19.1 Å². The van der Waals surface area contributed by atoms with Crippen LogP contribution in [0.3, 0.4) is 0 Å². The maximum atomic E-state index is 13.2. The first-order chi connectivity index (χ1) is 15.6. The molecular formula is C24H27FN4O4. The first-order valence-electron chi connectivity index (χ1n) is 10.6. The highest BCUT2D eigenvalue weighted by molar-refractivity contribution is 6.06. The number of hydrogen-bond donors (Lipinski definition) is 3. The van der Waals surface area contributed by atoms with E-state index in [1.165, 1.54) is 28.9 Å². The number of halogens is 1. The molecule has 2 amide bonds. The summed E-state index contributed by atoms with van der Waals surface area (Å²) in [4.78, 5) is 38.4. The van der Waals surface area contributed by atoms with Crippen molar-refractivity contribution in [3.63, 3.8) is 0 Å². The number of aliphatic hydroxyl groups is 1. The Bertz CT molecular complexity index is 1170. The van der Waals surface area contributed by atoms with E-state index in [4.69, 9.17) is 5.11 Å². The summed E-state index contributed by atoms with van der Waals surface area (Å²) < 4.78 is 14.6. The van der Waals surface area contributed by atoms with E-state index in [1.54, 1.807) is 24.3 Å². The molecule has 0 saturated heterocycles. The van der Waals surface area contributed by atoms with Gasteiger partial charge < -0.3 is 15.7 Å². The Balaban J connectivity index is 1.90. The van der Waals surface area contributed by atoms with Crippen LogP contribution < -0.4 is 10.6 Å². The van der Waals surface area contributed by atoms with E-state index in [-0.39, 0.29) is 31.2 Å². The van der Waals surface area contributed by atoms with Gasteiger partial charge in [0.05, 0.1) is 12.1 Å². The number of carbonyl (C=O) groups is 3. The lowest BCUT2D eigenvalue weighted by molar-refractivity contribution is -0.125. The van der Waals surface area contributed by atoms with E-state index >= 15 is 0 Å². The highest BCUT2D eigenvalue weighted by atomic mass is 19.1. The van der Waals surface area contributed by atoms with Crippen LogP contribution in [0.2, 0.25) is 0 Å². The number of aliphatic hydroxyl groups excluding tert-OH is 1. The third-order valence-corrected chi connectivity index (χ3v) is 5.15. The number of fused-ring (bicyclic) bond motifs is 1. The largest absolute Gasteiger partial charge is 0.395 e. The molecule has 3 aromatic rings. The zero-order valence-corrected chi connectivity index (χ0v) is 18.8. The summed E-state index contributed by atoms with van der Waals surface area (Å²) in [5.74, 6) is -1.70. The van der Waals surface area contributed by atoms with Crippen LogP contribution in [0, 0.1) is 11.2 Å². The average Bonchev–Trinajstić information content (AvgIpc) is 3.14. The second kappa shape index (κ2) is 9.91. The summed E-state index contributed by atoms with van der Waals surface area (Å²) in [5.41, 5.74) is 0.388. The van der Waals surface area contributed by atoms with Gasteiger partial charge in [0.2, 0.25) is 5.91 Å². The van der Waals surface area contributed by atoms with Gasteiger partial charge in [-0.05, 0) is 35.7 Å². The minimum Gasteiger partial charge on any atom is -0.395 e. The third kappa shape index (κ3) is 5.61. The van der Waals surface area contributed by atoms with Crippen LogP contribution in [0.4, 0.5) is 4.39 Å². The lowest BCUT2D eigenvalue weighted by Crippen LogP contribution is -2.54. The molecule has 8 nitrogen and oxygen atoms in total. The van der Waals surface area contributed by atoms with Crippen molar-refractivity contribution in [3.8, 4) is 0 Å². The van der Waals surface area contributed by atoms with Crippen molar-refractivity contribution in [2.45, 2.75) is 33.4 Å². The number of carbonyl (C=O) groups excluding carboxylic acids is 3. The molecule has 0 spiro atoms. The third-order valence-electron chi connectivity index (χ3n) is 5.15. The monoisotopic (exact) mass is 454 g/mol. The summed E-state index contributed by atoms with van der Waals surface area (Å²) >= 11 is 0. The van der Waals surface area contributed by atoms with E-state index < -0.39 is 29.1 Å². The maximum absolute atomic E-state index is 13.2. The molecule has 3 N–H and O–H groups in total. The highest BCUT2D eigenvalue weighted by Crippen LogP contribution is 2.23. The molecule has 2 aromatic carbocycles. The van der Waals surface area contributed by atoms with Gasteiger partial charge >= 0.3 is 0 Å². The Labute approximate surface area is 190 Å². The van der Waals surface area contributed by atoms with Gasteiger partial charge in [0.25, 0.3) is 5.91 Å². The SMILES string of the molecule is CC(C)(C)[C@H](NC(=O)c1nn(CC(=O)c2ccc(F)cc2)c2ccccc12)C(=O)NCCO. The zero-order valence-electron chi connectivity index (χ0n) is 18.8. The van der Waals surface area contributed by atoms with Crippen molar-refractivity contribution in [1.29, 1.82) is 0 Å². The summed E-state index contributed by atoms with van der Waals surface area (Å²) in [6.07, 6.45) is 0. The predicted octanol–water partition coefficient (Wildman–Crippen LogP) is 2.31. The molecule has 1 atom stereocenters. The Hall–Kier alpha value is -3.59. The van der Waals surface area contributed by atoms with E-state index in [9.17, 15) is 18.8 Å². The first-order valence-corrected chi connectivity index (χ1v) is 10.6. The first kappa shape index (κ1) is 24.1.